The van der Waals surface area contributed by atoms with Gasteiger partial charge in [-0.1, -0.05) is 13.0 Å². The van der Waals surface area contributed by atoms with Gasteiger partial charge < -0.3 is 15.4 Å². The minimum absolute atomic E-state index is 0.0413. The summed E-state index contributed by atoms with van der Waals surface area (Å²) < 4.78 is 81.7. The Hall–Kier alpha value is -3.67. The van der Waals surface area contributed by atoms with Gasteiger partial charge in [-0.15, -0.1) is 0 Å². The highest BCUT2D eigenvalue weighted by molar-refractivity contribution is 6.06. The number of hydrogen-bond acceptors (Lipinski definition) is 4. The fourth-order valence-corrected chi connectivity index (χ4v) is 4.22. The number of hydrogen-bond donors (Lipinski definition) is 3. The molecule has 1 amide bonds. The van der Waals surface area contributed by atoms with Gasteiger partial charge in [-0.05, 0) is 49.1 Å². The maximum absolute atomic E-state index is 13.8. The van der Waals surface area contributed by atoms with E-state index < -0.39 is 57.6 Å². The van der Waals surface area contributed by atoms with Crippen molar-refractivity contribution in [1.82, 2.24) is 4.98 Å². The molecule has 2 atom stereocenters. The largest absolute Gasteiger partial charge is 0.418 e. The lowest BCUT2D eigenvalue weighted by atomic mass is 9.86. The normalized spacial score (nSPS) is 19.8. The van der Waals surface area contributed by atoms with Gasteiger partial charge in [0.25, 0.3) is 5.91 Å². The molecule has 3 N–H and O–H groups in total. The number of fused-ring (bicyclic) bond motifs is 1. The Kier molecular flexibility index (Phi) is 6.89. The summed E-state index contributed by atoms with van der Waals surface area (Å²) in [7, 11) is 0. The molecule has 37 heavy (non-hydrogen) atoms. The molecule has 1 aromatic heterocycles. The van der Waals surface area contributed by atoms with Crippen molar-refractivity contribution in [3.8, 4) is 0 Å². The predicted molar refractivity (Wildman–Crippen MR) is 125 cm³/mol. The van der Waals surface area contributed by atoms with Gasteiger partial charge in [-0.3, -0.25) is 14.6 Å². The summed E-state index contributed by atoms with van der Waals surface area (Å²) in [6.07, 6.45) is -8.23. The average Bonchev–Trinajstić information content (AvgIpc) is 2.81. The number of amides is 1. The molecule has 0 aliphatic heterocycles. The molecule has 12 heteroatoms. The molecule has 0 radical (unpaired) electrons. The molecule has 3 aromatic rings. The lowest BCUT2D eigenvalue weighted by molar-refractivity contribution is -0.137. The van der Waals surface area contributed by atoms with Crippen LogP contribution in [0.4, 0.5) is 37.7 Å². The minimum Gasteiger partial charge on any atom is -0.392 e. The van der Waals surface area contributed by atoms with E-state index in [-0.39, 0.29) is 23.5 Å². The van der Waals surface area contributed by atoms with Gasteiger partial charge in [-0.25, -0.2) is 0 Å². The number of carbonyl (C=O) groups is 1. The van der Waals surface area contributed by atoms with Crippen LogP contribution in [-0.4, -0.2) is 27.8 Å². The summed E-state index contributed by atoms with van der Waals surface area (Å²) >= 11 is 0. The average molecular weight is 525 g/mol. The summed E-state index contributed by atoms with van der Waals surface area (Å²) in [5.74, 6) is -1.26. The van der Waals surface area contributed by atoms with Gasteiger partial charge in [0.05, 0.1) is 34.0 Å². The maximum Gasteiger partial charge on any atom is 0.418 e. The summed E-state index contributed by atoms with van der Waals surface area (Å²) in [6.45, 7) is 1.87. The zero-order valence-corrected chi connectivity index (χ0v) is 19.3. The third-order valence-corrected chi connectivity index (χ3v) is 6.29. The molecule has 0 saturated heterocycles. The quantitative estimate of drug-likeness (QED) is 0.362. The van der Waals surface area contributed by atoms with Gasteiger partial charge in [0.1, 0.15) is 5.56 Å². The number of H-pyrrole nitrogens is 1. The molecule has 6 nitrogen and oxygen atoms in total. The van der Waals surface area contributed by atoms with Crippen LogP contribution in [0, 0.1) is 5.92 Å². The topological polar surface area (TPSA) is 94.5 Å². The van der Waals surface area contributed by atoms with E-state index in [9.17, 15) is 41.0 Å². The molecule has 0 bridgehead atoms. The first kappa shape index (κ1) is 26.4. The molecule has 4 rings (SSSR count). The third-order valence-electron chi connectivity index (χ3n) is 6.29. The number of aliphatic hydroxyl groups excluding tert-OH is 1. The number of aromatic amines is 1. The first-order valence-corrected chi connectivity index (χ1v) is 11.2. The van der Waals surface area contributed by atoms with Crippen LogP contribution in [0.2, 0.25) is 0 Å². The van der Waals surface area contributed by atoms with Crippen LogP contribution in [0.3, 0.4) is 0 Å². The molecular formula is C25H21F6N3O3. The van der Waals surface area contributed by atoms with Crippen LogP contribution in [-0.2, 0) is 12.4 Å². The van der Waals surface area contributed by atoms with Gasteiger partial charge in [-0.2, -0.15) is 26.3 Å². The fourth-order valence-electron chi connectivity index (χ4n) is 4.22. The van der Waals surface area contributed by atoms with Crippen molar-refractivity contribution in [2.45, 2.75) is 44.6 Å². The first-order valence-electron chi connectivity index (χ1n) is 11.2. The highest BCUT2D eigenvalue weighted by Gasteiger charge is 2.36. The SMILES string of the molecule is CC1CCC(=Nc2ccc(NC(=O)c3c[nH]c4cccc(C(F)(F)F)c4c3=O)c(C(F)(F)F)c2)C[C@@H]1O. The second-order valence-electron chi connectivity index (χ2n) is 8.90. The van der Waals surface area contributed by atoms with Crippen LogP contribution in [0.25, 0.3) is 10.9 Å². The number of aromatic nitrogens is 1. The van der Waals surface area contributed by atoms with Crippen LogP contribution in [0.5, 0.6) is 0 Å². The molecule has 2 aromatic carbocycles. The summed E-state index contributed by atoms with van der Waals surface area (Å²) in [5, 5.41) is 11.2. The number of carbonyl (C=O) groups excluding carboxylic acids is 1. The van der Waals surface area contributed by atoms with Crippen LogP contribution >= 0.6 is 0 Å². The van der Waals surface area contributed by atoms with Gasteiger partial charge in [0, 0.05) is 23.8 Å². The lowest BCUT2D eigenvalue weighted by Gasteiger charge is -2.25. The molecule has 1 aliphatic carbocycles. The highest BCUT2D eigenvalue weighted by atomic mass is 19.4. The number of aliphatic hydroxyl groups is 1. The van der Waals surface area contributed by atoms with Gasteiger partial charge in [0.2, 0.25) is 5.43 Å². The van der Waals surface area contributed by atoms with E-state index in [0.29, 0.717) is 24.6 Å². The van der Waals surface area contributed by atoms with Crippen molar-refractivity contribution < 1.29 is 36.2 Å². The fraction of sp³-hybridized carbons (Fsp3) is 0.320. The number of alkyl halides is 6. The number of anilines is 1. The Labute approximate surface area is 206 Å². The molecule has 196 valence electrons. The van der Waals surface area contributed by atoms with Crippen molar-refractivity contribution in [3.05, 3.63) is 69.5 Å². The predicted octanol–water partition coefficient (Wildman–Crippen LogP) is 6.07. The first-order chi connectivity index (χ1) is 17.3. The van der Waals surface area contributed by atoms with E-state index in [2.05, 4.69) is 9.98 Å². The molecule has 1 saturated carbocycles. The van der Waals surface area contributed by atoms with Crippen LogP contribution in [0.1, 0.15) is 47.7 Å². The zero-order chi connectivity index (χ0) is 27.1. The Balaban J connectivity index is 1.70. The second kappa shape index (κ2) is 9.66. The van der Waals surface area contributed by atoms with Crippen molar-refractivity contribution >= 4 is 33.9 Å². The lowest BCUT2D eigenvalue weighted by Crippen LogP contribution is -2.27. The van der Waals surface area contributed by atoms with E-state index >= 15 is 0 Å². The van der Waals surface area contributed by atoms with Crippen molar-refractivity contribution in [3.63, 3.8) is 0 Å². The molecule has 1 fully saturated rings. The molecule has 1 aliphatic rings. The van der Waals surface area contributed by atoms with Gasteiger partial charge in [0.15, 0.2) is 0 Å². The number of benzene rings is 2. The molecule has 0 spiro atoms. The summed E-state index contributed by atoms with van der Waals surface area (Å²) in [4.78, 5) is 32.2. The number of pyridine rings is 1. The van der Waals surface area contributed by atoms with E-state index in [1.165, 1.54) is 12.1 Å². The van der Waals surface area contributed by atoms with Crippen molar-refractivity contribution in [1.29, 1.82) is 0 Å². The number of nitrogens with zero attached hydrogens (tertiary/aromatic N) is 1. The van der Waals surface area contributed by atoms with Crippen molar-refractivity contribution in [2.24, 2.45) is 10.9 Å². The van der Waals surface area contributed by atoms with E-state index in [1.807, 2.05) is 12.2 Å². The van der Waals surface area contributed by atoms with E-state index in [4.69, 9.17) is 0 Å². The number of nitrogens with one attached hydrogen (secondary N) is 2. The highest BCUT2D eigenvalue weighted by Crippen LogP contribution is 2.38. The summed E-state index contributed by atoms with van der Waals surface area (Å²) in [6, 6.07) is 5.87. The van der Waals surface area contributed by atoms with Crippen LogP contribution < -0.4 is 10.7 Å². The van der Waals surface area contributed by atoms with Crippen molar-refractivity contribution in [2.75, 3.05) is 5.32 Å². The Morgan fingerprint density at radius 3 is 2.43 bits per heavy atom. The molecule has 1 heterocycles. The monoisotopic (exact) mass is 525 g/mol. The Bertz CT molecular complexity index is 1440. The Morgan fingerprint density at radius 1 is 1.08 bits per heavy atom. The van der Waals surface area contributed by atoms with E-state index in [1.54, 1.807) is 0 Å². The van der Waals surface area contributed by atoms with E-state index in [0.717, 1.165) is 24.4 Å². The minimum atomic E-state index is -4.92. The smallest absolute Gasteiger partial charge is 0.392 e. The zero-order valence-electron chi connectivity index (χ0n) is 19.3. The number of rotatable bonds is 3. The third kappa shape index (κ3) is 5.53. The molecular weight excluding hydrogens is 504 g/mol. The standard InChI is InChI=1S/C25H21F6N3O3/c1-12-5-6-14(10-20(12)35)33-13-7-8-18(17(9-13)25(29,30)31)34-23(37)15-11-32-19-4-2-3-16(24(26,27)28)21(19)22(15)36/h2-4,7-9,11-12,20,35H,5-6,10H2,1H3,(H,32,36)(H,34,37)/t12?,20-/m0/s1. The van der Waals surface area contributed by atoms with Gasteiger partial charge >= 0.3 is 12.4 Å². The number of halogens is 6. The summed E-state index contributed by atoms with van der Waals surface area (Å²) in [5.41, 5.74) is -4.96. The molecule has 1 unspecified atom stereocenters. The maximum atomic E-state index is 13.8. The Morgan fingerprint density at radius 2 is 1.78 bits per heavy atom. The second-order valence-corrected chi connectivity index (χ2v) is 8.90. The number of aliphatic imine (C=N–C) groups is 1. The van der Waals surface area contributed by atoms with Crippen LogP contribution in [0.15, 0.2) is 52.4 Å².